The predicted octanol–water partition coefficient (Wildman–Crippen LogP) is 2.73. The first-order chi connectivity index (χ1) is 19.2. The lowest BCUT2D eigenvalue weighted by atomic mass is 9.86. The molecule has 0 saturated carbocycles. The molecule has 3 aromatic rings. The van der Waals surface area contributed by atoms with Crippen LogP contribution in [-0.4, -0.2) is 53.7 Å². The first-order valence-electron chi connectivity index (χ1n) is 11.7. The van der Waals surface area contributed by atoms with E-state index >= 15 is 0 Å². The topological polar surface area (TPSA) is 175 Å². The Labute approximate surface area is 231 Å². The number of carbonyl (C=O) groups excluding carboxylic acids is 1. The highest BCUT2D eigenvalue weighted by Crippen LogP contribution is 2.34. The SMILES string of the molecule is N/C(=N\S(=O)(=O)c1cccc(C(F)(F)F)c1)N1CC(O)(c2ccccc2)C(c2ccc(NC(=O)CC(=O)O)cc2)=N1. The Morgan fingerprint density at radius 3 is 2.32 bits per heavy atom. The van der Waals surface area contributed by atoms with E-state index in [1.807, 2.05) is 0 Å². The van der Waals surface area contributed by atoms with Crippen LogP contribution in [0.25, 0.3) is 0 Å². The molecule has 15 heteroatoms. The molecule has 1 atom stereocenters. The van der Waals surface area contributed by atoms with Gasteiger partial charge in [-0.05, 0) is 35.9 Å². The number of β-amino-alcohol motifs (C(OH)–C–C–N with tert-alkyl or cyclic N) is 1. The van der Waals surface area contributed by atoms with E-state index in [1.54, 1.807) is 30.3 Å². The molecule has 5 N–H and O–H groups in total. The summed E-state index contributed by atoms with van der Waals surface area (Å²) in [6.45, 7) is -0.392. The fourth-order valence-electron chi connectivity index (χ4n) is 4.01. The number of alkyl halides is 3. The Bertz CT molecular complexity index is 1640. The summed E-state index contributed by atoms with van der Waals surface area (Å²) in [6.07, 6.45) is -5.52. The molecular formula is C26H22F3N5O6S. The maximum absolute atomic E-state index is 13.1. The lowest BCUT2D eigenvalue weighted by Crippen LogP contribution is -2.42. The molecule has 3 aromatic carbocycles. The van der Waals surface area contributed by atoms with Gasteiger partial charge in [0, 0.05) is 11.3 Å². The molecule has 11 nitrogen and oxygen atoms in total. The number of amides is 1. The number of anilines is 1. The van der Waals surface area contributed by atoms with Crippen LogP contribution in [-0.2, 0) is 31.4 Å². The molecule has 4 rings (SSSR count). The van der Waals surface area contributed by atoms with Crippen LogP contribution in [0.2, 0.25) is 0 Å². The van der Waals surface area contributed by atoms with Crippen molar-refractivity contribution in [3.8, 4) is 0 Å². The van der Waals surface area contributed by atoms with E-state index in [-0.39, 0.29) is 11.4 Å². The van der Waals surface area contributed by atoms with Crippen molar-refractivity contribution in [2.45, 2.75) is 23.1 Å². The van der Waals surface area contributed by atoms with Crippen LogP contribution >= 0.6 is 0 Å². The number of carboxylic acid groups (broad SMARTS) is 1. The van der Waals surface area contributed by atoms with Crippen molar-refractivity contribution < 1.29 is 41.4 Å². The number of nitrogens with one attached hydrogen (secondary N) is 1. The molecule has 41 heavy (non-hydrogen) atoms. The largest absolute Gasteiger partial charge is 0.481 e. The zero-order valence-electron chi connectivity index (χ0n) is 20.9. The fourth-order valence-corrected chi connectivity index (χ4v) is 4.98. The minimum absolute atomic E-state index is 0.0294. The van der Waals surface area contributed by atoms with Gasteiger partial charge in [-0.3, -0.25) is 9.59 Å². The number of sulfonamides is 1. The normalized spacial score (nSPS) is 17.7. The minimum atomic E-state index is -4.78. The van der Waals surface area contributed by atoms with Gasteiger partial charge in [0.05, 0.1) is 17.0 Å². The molecule has 0 saturated heterocycles. The zero-order chi connectivity index (χ0) is 30.0. The van der Waals surface area contributed by atoms with Gasteiger partial charge < -0.3 is 21.3 Å². The molecule has 1 aliphatic rings. The van der Waals surface area contributed by atoms with Gasteiger partial charge in [-0.15, -0.1) is 4.40 Å². The molecule has 1 aliphatic heterocycles. The van der Waals surface area contributed by atoms with Gasteiger partial charge in [-0.2, -0.15) is 26.7 Å². The second kappa shape index (κ2) is 11.0. The lowest BCUT2D eigenvalue weighted by Gasteiger charge is -2.25. The first-order valence-corrected chi connectivity index (χ1v) is 13.2. The van der Waals surface area contributed by atoms with E-state index in [9.17, 15) is 36.3 Å². The van der Waals surface area contributed by atoms with Crippen LogP contribution in [0.4, 0.5) is 18.9 Å². The molecule has 1 heterocycles. The molecule has 1 unspecified atom stereocenters. The number of hydrogen-bond donors (Lipinski definition) is 4. The molecule has 214 valence electrons. The number of benzene rings is 3. The number of guanidine groups is 1. The van der Waals surface area contributed by atoms with Gasteiger partial charge in [0.25, 0.3) is 10.0 Å². The predicted molar refractivity (Wildman–Crippen MR) is 141 cm³/mol. The van der Waals surface area contributed by atoms with Crippen LogP contribution in [0.1, 0.15) is 23.1 Å². The van der Waals surface area contributed by atoms with Crippen molar-refractivity contribution in [3.05, 3.63) is 95.6 Å². The maximum Gasteiger partial charge on any atom is 0.416 e. The Morgan fingerprint density at radius 1 is 1.05 bits per heavy atom. The van der Waals surface area contributed by atoms with Gasteiger partial charge in [0.15, 0.2) is 5.60 Å². The van der Waals surface area contributed by atoms with Crippen molar-refractivity contribution in [2.75, 3.05) is 11.9 Å². The van der Waals surface area contributed by atoms with Crippen LogP contribution in [0.15, 0.2) is 93.3 Å². The third kappa shape index (κ3) is 6.53. The highest BCUT2D eigenvalue weighted by atomic mass is 32.2. The van der Waals surface area contributed by atoms with Crippen molar-refractivity contribution in [2.24, 2.45) is 15.2 Å². The van der Waals surface area contributed by atoms with E-state index in [0.29, 0.717) is 23.3 Å². The Morgan fingerprint density at radius 2 is 1.71 bits per heavy atom. The van der Waals surface area contributed by atoms with E-state index in [0.717, 1.165) is 17.1 Å². The fraction of sp³-hybridized carbons (Fsp3) is 0.154. The molecule has 0 bridgehead atoms. The number of hydrogen-bond acceptors (Lipinski definition) is 6. The van der Waals surface area contributed by atoms with Crippen LogP contribution < -0.4 is 11.1 Å². The third-order valence-electron chi connectivity index (χ3n) is 5.93. The lowest BCUT2D eigenvalue weighted by molar-refractivity contribution is -0.140. The zero-order valence-corrected chi connectivity index (χ0v) is 21.7. The number of aliphatic hydroxyl groups is 1. The number of hydrazone groups is 1. The molecule has 1 amide bonds. The molecule has 0 spiro atoms. The molecule has 0 aromatic heterocycles. The summed E-state index contributed by atoms with van der Waals surface area (Å²) in [5.74, 6) is -2.76. The number of nitrogens with zero attached hydrogens (tertiary/aromatic N) is 3. The van der Waals surface area contributed by atoms with E-state index in [4.69, 9.17) is 10.8 Å². The molecular weight excluding hydrogens is 567 g/mol. The van der Waals surface area contributed by atoms with E-state index in [2.05, 4.69) is 14.8 Å². The van der Waals surface area contributed by atoms with Gasteiger partial charge in [-0.25, -0.2) is 5.01 Å². The monoisotopic (exact) mass is 589 g/mol. The second-order valence-corrected chi connectivity index (χ2v) is 10.5. The first kappa shape index (κ1) is 29.2. The smallest absolute Gasteiger partial charge is 0.416 e. The van der Waals surface area contributed by atoms with Gasteiger partial charge >= 0.3 is 12.1 Å². The van der Waals surface area contributed by atoms with Gasteiger partial charge in [0.2, 0.25) is 11.9 Å². The standard InChI is InChI=1S/C26H22F3N5O6S/c27-26(28,29)18-7-4-8-20(13-18)41(39,40)33-24(30)34-15-25(38,17-5-2-1-3-6-17)23(32-34)16-9-11-19(12-10-16)31-21(35)14-22(36)37/h1-13,38H,14-15H2,(H2,30,33)(H,31,35)(H,36,37). The van der Waals surface area contributed by atoms with Gasteiger partial charge in [0.1, 0.15) is 12.1 Å². The summed E-state index contributed by atoms with van der Waals surface area (Å²) < 4.78 is 68.4. The quantitative estimate of drug-likeness (QED) is 0.185. The number of rotatable bonds is 7. The molecule has 0 aliphatic carbocycles. The highest BCUT2D eigenvalue weighted by molar-refractivity contribution is 7.90. The number of halogens is 3. The average molecular weight is 590 g/mol. The summed E-state index contributed by atoms with van der Waals surface area (Å²) in [4.78, 5) is 21.8. The van der Waals surface area contributed by atoms with Crippen molar-refractivity contribution in [3.63, 3.8) is 0 Å². The number of carboxylic acids is 1. The van der Waals surface area contributed by atoms with Crippen molar-refractivity contribution >= 4 is 39.3 Å². The number of carbonyl (C=O) groups is 2. The second-order valence-electron chi connectivity index (χ2n) is 8.88. The van der Waals surface area contributed by atoms with Crippen molar-refractivity contribution in [1.29, 1.82) is 0 Å². The van der Waals surface area contributed by atoms with E-state index < -0.39 is 63.1 Å². The Hall–Kier alpha value is -4.76. The Balaban J connectivity index is 1.69. The van der Waals surface area contributed by atoms with Gasteiger partial charge in [-0.1, -0.05) is 48.5 Å². The summed E-state index contributed by atoms with van der Waals surface area (Å²) in [5, 5.41) is 28.1. The highest BCUT2D eigenvalue weighted by Gasteiger charge is 2.44. The summed E-state index contributed by atoms with van der Waals surface area (Å²) in [7, 11) is -4.70. The Kier molecular flexibility index (Phi) is 7.85. The molecule has 0 fully saturated rings. The molecule has 0 radical (unpaired) electrons. The third-order valence-corrected chi connectivity index (χ3v) is 7.21. The number of aliphatic carboxylic acids is 1. The van der Waals surface area contributed by atoms with Crippen LogP contribution in [0.3, 0.4) is 0 Å². The summed E-state index contributed by atoms with van der Waals surface area (Å²) in [5.41, 5.74) is 3.93. The summed E-state index contributed by atoms with van der Waals surface area (Å²) in [6, 6.07) is 17.1. The van der Waals surface area contributed by atoms with Crippen LogP contribution in [0, 0.1) is 0 Å². The minimum Gasteiger partial charge on any atom is -0.481 e. The summed E-state index contributed by atoms with van der Waals surface area (Å²) >= 11 is 0. The average Bonchev–Trinajstić information content (AvgIpc) is 3.27. The maximum atomic E-state index is 13.1. The van der Waals surface area contributed by atoms with Crippen molar-refractivity contribution in [1.82, 2.24) is 5.01 Å². The number of nitrogens with two attached hydrogens (primary N) is 1. The van der Waals surface area contributed by atoms with Crippen LogP contribution in [0.5, 0.6) is 0 Å². The van der Waals surface area contributed by atoms with E-state index in [1.165, 1.54) is 24.3 Å².